The molecule has 1 aromatic rings. The molecule has 0 bridgehead atoms. The zero-order valence-electron chi connectivity index (χ0n) is 12.2. The maximum atomic E-state index is 13.1. The standard InChI is InChI=1S/C14H21ClFNO2S/c1-10-9-11(16)5-6-12(10)20(18,19)17-13(7-8-15)14(2,3)4/h5-6,9,13,17H,7-8H2,1-4H3. The van der Waals surface area contributed by atoms with Gasteiger partial charge in [-0.2, -0.15) is 0 Å². The van der Waals surface area contributed by atoms with Crippen LogP contribution >= 0.6 is 11.6 Å². The van der Waals surface area contributed by atoms with Crippen molar-refractivity contribution in [1.82, 2.24) is 4.72 Å². The Kier molecular flexibility index (Phi) is 5.58. The van der Waals surface area contributed by atoms with Gasteiger partial charge in [-0.05, 0) is 42.5 Å². The zero-order chi connectivity index (χ0) is 15.6. The summed E-state index contributed by atoms with van der Waals surface area (Å²) in [6.07, 6.45) is 0.532. The first-order valence-electron chi connectivity index (χ1n) is 6.42. The summed E-state index contributed by atoms with van der Waals surface area (Å²) in [5.74, 6) is -0.0816. The van der Waals surface area contributed by atoms with Gasteiger partial charge in [0.1, 0.15) is 5.82 Å². The molecule has 6 heteroatoms. The summed E-state index contributed by atoms with van der Waals surface area (Å²) in [5.41, 5.74) is 0.131. The minimum atomic E-state index is -3.69. The highest BCUT2D eigenvalue weighted by atomic mass is 35.5. The molecule has 0 aliphatic carbocycles. The Bertz CT molecular complexity index is 567. The number of nitrogens with one attached hydrogen (secondary N) is 1. The highest BCUT2D eigenvalue weighted by Gasteiger charge is 2.29. The van der Waals surface area contributed by atoms with Crippen LogP contribution in [-0.4, -0.2) is 20.3 Å². The zero-order valence-corrected chi connectivity index (χ0v) is 13.8. The molecule has 1 rings (SSSR count). The number of alkyl halides is 1. The quantitative estimate of drug-likeness (QED) is 0.844. The van der Waals surface area contributed by atoms with E-state index in [2.05, 4.69) is 4.72 Å². The summed E-state index contributed by atoms with van der Waals surface area (Å²) >= 11 is 5.74. The van der Waals surface area contributed by atoms with Crippen molar-refractivity contribution in [2.45, 2.75) is 45.1 Å². The Morgan fingerprint density at radius 3 is 2.40 bits per heavy atom. The third-order valence-electron chi connectivity index (χ3n) is 3.17. The first-order valence-corrected chi connectivity index (χ1v) is 8.44. The van der Waals surface area contributed by atoms with Gasteiger partial charge in [-0.25, -0.2) is 17.5 Å². The van der Waals surface area contributed by atoms with Gasteiger partial charge in [0.05, 0.1) is 4.90 Å². The Morgan fingerprint density at radius 1 is 1.35 bits per heavy atom. The minimum absolute atomic E-state index is 0.0997. The van der Waals surface area contributed by atoms with Gasteiger partial charge in [0.2, 0.25) is 10.0 Å². The molecule has 0 aromatic heterocycles. The van der Waals surface area contributed by atoms with Crippen LogP contribution in [0.5, 0.6) is 0 Å². The van der Waals surface area contributed by atoms with Crippen LogP contribution in [0.4, 0.5) is 4.39 Å². The molecule has 1 aromatic carbocycles. The van der Waals surface area contributed by atoms with Crippen LogP contribution in [0.1, 0.15) is 32.8 Å². The second-order valence-electron chi connectivity index (χ2n) is 5.93. The van der Waals surface area contributed by atoms with Gasteiger partial charge in [-0.15, -0.1) is 11.6 Å². The number of rotatable bonds is 5. The molecule has 1 atom stereocenters. The number of benzene rings is 1. The lowest BCUT2D eigenvalue weighted by molar-refractivity contribution is 0.292. The number of aryl methyl sites for hydroxylation is 1. The Hall–Kier alpha value is -0.650. The Balaban J connectivity index is 3.10. The van der Waals surface area contributed by atoms with Gasteiger partial charge in [0.25, 0.3) is 0 Å². The molecule has 0 saturated heterocycles. The maximum Gasteiger partial charge on any atom is 0.241 e. The summed E-state index contributed by atoms with van der Waals surface area (Å²) in [6, 6.07) is 3.36. The molecule has 20 heavy (non-hydrogen) atoms. The maximum absolute atomic E-state index is 13.1. The fourth-order valence-electron chi connectivity index (χ4n) is 1.94. The summed E-state index contributed by atoms with van der Waals surface area (Å²) in [7, 11) is -3.69. The smallest absolute Gasteiger partial charge is 0.207 e. The molecule has 0 saturated carbocycles. The van der Waals surface area contributed by atoms with Crippen molar-refractivity contribution in [2.75, 3.05) is 5.88 Å². The number of hydrogen-bond donors (Lipinski definition) is 1. The first-order chi connectivity index (χ1) is 9.08. The largest absolute Gasteiger partial charge is 0.241 e. The van der Waals surface area contributed by atoms with Gasteiger partial charge >= 0.3 is 0 Å². The third-order valence-corrected chi connectivity index (χ3v) is 5.02. The summed E-state index contributed by atoms with van der Waals surface area (Å²) in [5, 5.41) is 0. The number of sulfonamides is 1. The molecule has 1 unspecified atom stereocenters. The Morgan fingerprint density at radius 2 is 1.95 bits per heavy atom. The fourth-order valence-corrected chi connectivity index (χ4v) is 3.86. The number of halogens is 2. The second-order valence-corrected chi connectivity index (χ2v) is 7.99. The predicted octanol–water partition coefficient (Wildman–Crippen LogP) is 3.46. The van der Waals surface area contributed by atoms with E-state index >= 15 is 0 Å². The van der Waals surface area contributed by atoms with Gasteiger partial charge < -0.3 is 0 Å². The lowest BCUT2D eigenvalue weighted by Gasteiger charge is -2.31. The van der Waals surface area contributed by atoms with Crippen LogP contribution < -0.4 is 4.72 Å². The topological polar surface area (TPSA) is 46.2 Å². The normalized spacial score (nSPS) is 14.3. The Labute approximate surface area is 125 Å². The molecule has 0 amide bonds. The highest BCUT2D eigenvalue weighted by molar-refractivity contribution is 7.89. The monoisotopic (exact) mass is 321 g/mol. The molecule has 0 heterocycles. The molecule has 0 aliphatic rings. The van der Waals surface area contributed by atoms with E-state index in [4.69, 9.17) is 11.6 Å². The first kappa shape index (κ1) is 17.4. The van der Waals surface area contributed by atoms with E-state index in [0.29, 0.717) is 17.9 Å². The van der Waals surface area contributed by atoms with E-state index in [1.54, 1.807) is 6.92 Å². The highest BCUT2D eigenvalue weighted by Crippen LogP contribution is 2.25. The lowest BCUT2D eigenvalue weighted by atomic mass is 9.86. The van der Waals surface area contributed by atoms with Crippen LogP contribution in [0, 0.1) is 18.2 Å². The van der Waals surface area contributed by atoms with Crippen LogP contribution in [0.25, 0.3) is 0 Å². The predicted molar refractivity (Wildman–Crippen MR) is 80.0 cm³/mol. The van der Waals surface area contributed by atoms with Crippen LogP contribution in [0.2, 0.25) is 0 Å². The third kappa shape index (κ3) is 4.43. The minimum Gasteiger partial charge on any atom is -0.207 e. The van der Waals surface area contributed by atoms with Gasteiger partial charge in [-0.3, -0.25) is 0 Å². The van der Waals surface area contributed by atoms with Gasteiger partial charge in [0, 0.05) is 11.9 Å². The number of hydrogen-bond acceptors (Lipinski definition) is 2. The summed E-state index contributed by atoms with van der Waals surface area (Å²) in [4.78, 5) is 0.0997. The van der Waals surface area contributed by atoms with Crippen LogP contribution in [0.15, 0.2) is 23.1 Å². The molecule has 0 spiro atoms. The lowest BCUT2D eigenvalue weighted by Crippen LogP contribution is -2.44. The van der Waals surface area contributed by atoms with E-state index in [1.165, 1.54) is 12.1 Å². The SMILES string of the molecule is Cc1cc(F)ccc1S(=O)(=O)NC(CCCl)C(C)(C)C. The molecule has 1 N–H and O–H groups in total. The van der Waals surface area contributed by atoms with Crippen molar-refractivity contribution >= 4 is 21.6 Å². The molecule has 114 valence electrons. The van der Waals surface area contributed by atoms with Crippen molar-refractivity contribution in [3.63, 3.8) is 0 Å². The average molecular weight is 322 g/mol. The molecule has 0 radical (unpaired) electrons. The van der Waals surface area contributed by atoms with Gasteiger partial charge in [0.15, 0.2) is 0 Å². The van der Waals surface area contributed by atoms with Crippen molar-refractivity contribution in [3.05, 3.63) is 29.6 Å². The molecule has 0 fully saturated rings. The van der Waals surface area contributed by atoms with Crippen LogP contribution in [0.3, 0.4) is 0 Å². The van der Waals surface area contributed by atoms with E-state index in [0.717, 1.165) is 6.07 Å². The molecular weight excluding hydrogens is 301 g/mol. The second kappa shape index (κ2) is 6.41. The molecular formula is C14H21ClFNO2S. The molecule has 0 aliphatic heterocycles. The molecule has 3 nitrogen and oxygen atoms in total. The van der Waals surface area contributed by atoms with E-state index < -0.39 is 15.8 Å². The summed E-state index contributed by atoms with van der Waals surface area (Å²) < 4.78 is 40.6. The van der Waals surface area contributed by atoms with E-state index in [9.17, 15) is 12.8 Å². The fraction of sp³-hybridized carbons (Fsp3) is 0.571. The van der Waals surface area contributed by atoms with E-state index in [1.807, 2.05) is 20.8 Å². The van der Waals surface area contributed by atoms with Crippen molar-refractivity contribution < 1.29 is 12.8 Å². The summed E-state index contributed by atoms with van der Waals surface area (Å²) in [6.45, 7) is 7.42. The van der Waals surface area contributed by atoms with Crippen LogP contribution in [-0.2, 0) is 10.0 Å². The van der Waals surface area contributed by atoms with Crippen molar-refractivity contribution in [2.24, 2.45) is 5.41 Å². The average Bonchev–Trinajstić information content (AvgIpc) is 2.26. The van der Waals surface area contributed by atoms with Crippen molar-refractivity contribution in [3.8, 4) is 0 Å². The van der Waals surface area contributed by atoms with Gasteiger partial charge in [-0.1, -0.05) is 20.8 Å². The van der Waals surface area contributed by atoms with E-state index in [-0.39, 0.29) is 16.4 Å². The van der Waals surface area contributed by atoms with Crippen molar-refractivity contribution in [1.29, 1.82) is 0 Å².